The molecule has 38 heavy (non-hydrogen) atoms. The Morgan fingerprint density at radius 3 is 2.32 bits per heavy atom. The minimum Gasteiger partial charge on any atom is -0.457 e. The van der Waals surface area contributed by atoms with E-state index in [9.17, 15) is 0 Å². The van der Waals surface area contributed by atoms with Crippen molar-refractivity contribution in [2.24, 2.45) is 0 Å². The number of hydrogen-bond acceptors (Lipinski definition) is 7. The zero-order chi connectivity index (χ0) is 25.7. The maximum Gasteiger partial charge on any atom is 0.161 e. The summed E-state index contributed by atoms with van der Waals surface area (Å²) in [6.07, 6.45) is 5.28. The zero-order valence-electron chi connectivity index (χ0n) is 20.7. The number of anilines is 3. The van der Waals surface area contributed by atoms with Crippen molar-refractivity contribution in [1.82, 2.24) is 20.2 Å². The average molecular weight is 497 g/mol. The van der Waals surface area contributed by atoms with Crippen LogP contribution in [0.5, 0.6) is 11.5 Å². The predicted molar refractivity (Wildman–Crippen MR) is 152 cm³/mol. The molecule has 3 aromatic carbocycles. The number of fused-ring (bicyclic) bond motifs is 1. The second kappa shape index (κ2) is 10.4. The first-order valence-electron chi connectivity index (χ1n) is 12.2. The topological polar surface area (TPSA) is 84.9 Å². The molecule has 184 valence electrons. The number of nitrogens with zero attached hydrogens (tertiary/aromatic N) is 4. The van der Waals surface area contributed by atoms with Gasteiger partial charge in [-0.05, 0) is 48.0 Å². The minimum atomic E-state index is 0.698. The van der Waals surface area contributed by atoms with E-state index in [0.717, 1.165) is 44.7 Å². The van der Waals surface area contributed by atoms with Crippen LogP contribution in [0.3, 0.4) is 0 Å². The first-order chi connectivity index (χ1) is 18.8. The van der Waals surface area contributed by atoms with Gasteiger partial charge in [0.2, 0.25) is 0 Å². The molecule has 0 aliphatic carbocycles. The summed E-state index contributed by atoms with van der Waals surface area (Å²) in [5.74, 6) is 2.90. The molecule has 3 aromatic heterocycles. The van der Waals surface area contributed by atoms with Crippen molar-refractivity contribution in [2.45, 2.75) is 0 Å². The van der Waals surface area contributed by atoms with E-state index in [4.69, 9.17) is 4.74 Å². The van der Waals surface area contributed by atoms with Gasteiger partial charge in [-0.2, -0.15) is 0 Å². The first kappa shape index (κ1) is 23.1. The minimum absolute atomic E-state index is 0.698. The van der Waals surface area contributed by atoms with Crippen LogP contribution in [0.25, 0.3) is 33.2 Å². The van der Waals surface area contributed by atoms with Gasteiger partial charge in [-0.15, -0.1) is 10.2 Å². The summed E-state index contributed by atoms with van der Waals surface area (Å²) in [4.78, 5) is 8.58. The second-order valence-corrected chi connectivity index (χ2v) is 8.61. The number of nitrogens with one attached hydrogen (secondary N) is 2. The number of hydrogen-bond donors (Lipinski definition) is 2. The van der Waals surface area contributed by atoms with E-state index in [-0.39, 0.29) is 0 Å². The van der Waals surface area contributed by atoms with Crippen molar-refractivity contribution in [2.75, 3.05) is 17.7 Å². The molecular weight excluding hydrogens is 472 g/mol. The van der Waals surface area contributed by atoms with Crippen LogP contribution >= 0.6 is 0 Å². The van der Waals surface area contributed by atoms with Crippen LogP contribution in [0.15, 0.2) is 116 Å². The molecule has 0 unspecified atom stereocenters. The fraction of sp³-hybridized carbons (Fsp3) is 0.0323. The summed E-state index contributed by atoms with van der Waals surface area (Å²) in [6, 6.07) is 31.8. The smallest absolute Gasteiger partial charge is 0.161 e. The van der Waals surface area contributed by atoms with E-state index >= 15 is 0 Å². The fourth-order valence-electron chi connectivity index (χ4n) is 4.30. The maximum absolute atomic E-state index is 6.24. The number of benzene rings is 3. The van der Waals surface area contributed by atoms with Crippen molar-refractivity contribution >= 4 is 28.1 Å². The summed E-state index contributed by atoms with van der Waals surface area (Å²) in [6.45, 7) is 0. The second-order valence-electron chi connectivity index (χ2n) is 8.61. The molecule has 0 amide bonds. The molecule has 0 atom stereocenters. The first-order valence-corrected chi connectivity index (χ1v) is 12.2. The molecule has 0 aliphatic heterocycles. The summed E-state index contributed by atoms with van der Waals surface area (Å²) in [5, 5.41) is 17.6. The van der Waals surface area contributed by atoms with Crippen molar-refractivity contribution in [3.8, 4) is 33.9 Å². The SMILES string of the molecule is CNc1cc(-c2cnccc2Oc2ccc(Nc3nnc(-c4ccccc4)c4ccccc34)cc2)ccn1. The third-order valence-corrected chi connectivity index (χ3v) is 6.19. The zero-order valence-corrected chi connectivity index (χ0v) is 20.7. The van der Waals surface area contributed by atoms with Gasteiger partial charge >= 0.3 is 0 Å². The molecule has 0 aliphatic rings. The molecule has 6 rings (SSSR count). The number of rotatable bonds is 7. The van der Waals surface area contributed by atoms with Crippen molar-refractivity contribution in [3.05, 3.63) is 116 Å². The molecule has 0 saturated heterocycles. The van der Waals surface area contributed by atoms with Crippen LogP contribution in [0.4, 0.5) is 17.3 Å². The van der Waals surface area contributed by atoms with Gasteiger partial charge < -0.3 is 15.4 Å². The highest BCUT2D eigenvalue weighted by atomic mass is 16.5. The van der Waals surface area contributed by atoms with E-state index in [0.29, 0.717) is 17.3 Å². The van der Waals surface area contributed by atoms with Crippen molar-refractivity contribution in [3.63, 3.8) is 0 Å². The Labute approximate surface area is 220 Å². The Hall–Kier alpha value is -5.30. The number of pyridine rings is 2. The van der Waals surface area contributed by atoms with Gasteiger partial charge in [0.25, 0.3) is 0 Å². The largest absolute Gasteiger partial charge is 0.457 e. The Bertz CT molecular complexity index is 1700. The summed E-state index contributed by atoms with van der Waals surface area (Å²) in [5.41, 5.74) is 4.63. The molecule has 0 bridgehead atoms. The summed E-state index contributed by atoms with van der Waals surface area (Å²) < 4.78 is 6.24. The lowest BCUT2D eigenvalue weighted by Crippen LogP contribution is -1.99. The van der Waals surface area contributed by atoms with Crippen LogP contribution in [-0.2, 0) is 0 Å². The van der Waals surface area contributed by atoms with Gasteiger partial charge in [-0.3, -0.25) is 4.98 Å². The number of ether oxygens (including phenoxy) is 1. The predicted octanol–water partition coefficient (Wildman–Crippen LogP) is 7.33. The lowest BCUT2D eigenvalue weighted by atomic mass is 10.0. The quantitative estimate of drug-likeness (QED) is 0.239. The van der Waals surface area contributed by atoms with Gasteiger partial charge in [0.1, 0.15) is 23.0 Å². The maximum atomic E-state index is 6.24. The van der Waals surface area contributed by atoms with Crippen LogP contribution in [0, 0.1) is 0 Å². The lowest BCUT2D eigenvalue weighted by molar-refractivity contribution is 0.484. The van der Waals surface area contributed by atoms with E-state index in [1.807, 2.05) is 92.0 Å². The highest BCUT2D eigenvalue weighted by Crippen LogP contribution is 2.35. The Kier molecular flexibility index (Phi) is 6.30. The average Bonchev–Trinajstić information content (AvgIpc) is 2.99. The Morgan fingerprint density at radius 1 is 0.711 bits per heavy atom. The molecule has 7 heteroatoms. The Balaban J connectivity index is 1.25. The van der Waals surface area contributed by atoms with E-state index in [1.165, 1.54) is 0 Å². The molecule has 2 N–H and O–H groups in total. The summed E-state index contributed by atoms with van der Waals surface area (Å²) >= 11 is 0. The normalized spacial score (nSPS) is 10.8. The molecule has 7 nitrogen and oxygen atoms in total. The Morgan fingerprint density at radius 2 is 1.50 bits per heavy atom. The van der Waals surface area contributed by atoms with E-state index in [2.05, 4.69) is 42.9 Å². The van der Waals surface area contributed by atoms with Gasteiger partial charge in [0.15, 0.2) is 5.82 Å². The van der Waals surface area contributed by atoms with Crippen molar-refractivity contribution < 1.29 is 4.74 Å². The molecule has 0 fully saturated rings. The van der Waals surface area contributed by atoms with E-state index < -0.39 is 0 Å². The lowest BCUT2D eigenvalue weighted by Gasteiger charge is -2.13. The van der Waals surface area contributed by atoms with Gasteiger partial charge in [-0.25, -0.2) is 4.98 Å². The molecule has 0 saturated carbocycles. The fourth-order valence-corrected chi connectivity index (χ4v) is 4.30. The molecule has 3 heterocycles. The van der Waals surface area contributed by atoms with Gasteiger partial charge in [0.05, 0.1) is 0 Å². The third-order valence-electron chi connectivity index (χ3n) is 6.19. The number of aromatic nitrogens is 4. The molecule has 0 spiro atoms. The van der Waals surface area contributed by atoms with Gasteiger partial charge in [0, 0.05) is 53.2 Å². The van der Waals surface area contributed by atoms with Gasteiger partial charge in [-0.1, -0.05) is 54.6 Å². The third kappa shape index (κ3) is 4.73. The monoisotopic (exact) mass is 496 g/mol. The van der Waals surface area contributed by atoms with Crippen LogP contribution in [0.2, 0.25) is 0 Å². The summed E-state index contributed by atoms with van der Waals surface area (Å²) in [7, 11) is 1.84. The van der Waals surface area contributed by atoms with Crippen LogP contribution in [-0.4, -0.2) is 27.2 Å². The highest BCUT2D eigenvalue weighted by Gasteiger charge is 2.12. The molecular formula is C31H24N6O. The van der Waals surface area contributed by atoms with Crippen LogP contribution in [0.1, 0.15) is 0 Å². The van der Waals surface area contributed by atoms with E-state index in [1.54, 1.807) is 18.6 Å². The van der Waals surface area contributed by atoms with Crippen LogP contribution < -0.4 is 15.4 Å². The molecule has 6 aromatic rings. The standard InChI is InChI=1S/C31H24N6O/c1-32-29-19-22(15-18-34-29)27-20-33-17-16-28(27)38-24-13-11-23(12-14-24)35-31-26-10-6-5-9-25(26)30(36-37-31)21-7-3-2-4-8-21/h2-20H,1H3,(H,32,34)(H,35,37). The van der Waals surface area contributed by atoms with Crippen molar-refractivity contribution in [1.29, 1.82) is 0 Å². The molecule has 0 radical (unpaired) electrons. The highest BCUT2D eigenvalue weighted by molar-refractivity contribution is 6.00.